The highest BCUT2D eigenvalue weighted by molar-refractivity contribution is 5.68. The minimum absolute atomic E-state index is 0.241. The minimum atomic E-state index is -0.551. The standard InChI is InChI=1S/C15H13N3O2/c16-14-13(11-7-3-1-4-8-11)20-15(19)18(14)17-12-9-5-2-6-10-12/h1-10,17H,16H2. The van der Waals surface area contributed by atoms with Gasteiger partial charge in [0, 0.05) is 5.56 Å². The third-order valence-electron chi connectivity index (χ3n) is 2.90. The lowest BCUT2D eigenvalue weighted by molar-refractivity contribution is 0.510. The Morgan fingerprint density at radius 3 is 2.20 bits per heavy atom. The van der Waals surface area contributed by atoms with Gasteiger partial charge in [-0.3, -0.25) is 5.43 Å². The van der Waals surface area contributed by atoms with E-state index >= 15 is 0 Å². The van der Waals surface area contributed by atoms with E-state index in [0.717, 1.165) is 11.3 Å². The molecule has 20 heavy (non-hydrogen) atoms. The van der Waals surface area contributed by atoms with Crippen LogP contribution in [0.15, 0.2) is 69.9 Å². The van der Waals surface area contributed by atoms with Crippen LogP contribution in [-0.2, 0) is 0 Å². The van der Waals surface area contributed by atoms with E-state index in [4.69, 9.17) is 10.2 Å². The first-order chi connectivity index (χ1) is 9.75. The van der Waals surface area contributed by atoms with Gasteiger partial charge in [-0.2, -0.15) is 4.68 Å². The van der Waals surface area contributed by atoms with Crippen molar-refractivity contribution in [2.24, 2.45) is 0 Å². The molecule has 1 aromatic heterocycles. The van der Waals surface area contributed by atoms with Crippen molar-refractivity contribution < 1.29 is 4.42 Å². The lowest BCUT2D eigenvalue weighted by Gasteiger charge is -2.06. The van der Waals surface area contributed by atoms with Crippen molar-refractivity contribution in [1.82, 2.24) is 4.68 Å². The highest BCUT2D eigenvalue weighted by Crippen LogP contribution is 2.24. The fourth-order valence-corrected chi connectivity index (χ4v) is 1.93. The summed E-state index contributed by atoms with van der Waals surface area (Å²) in [6.45, 7) is 0. The van der Waals surface area contributed by atoms with Crippen LogP contribution in [0.1, 0.15) is 0 Å². The number of nitrogen functional groups attached to an aromatic ring is 1. The lowest BCUT2D eigenvalue weighted by Crippen LogP contribution is -2.23. The lowest BCUT2D eigenvalue weighted by atomic mass is 10.2. The summed E-state index contributed by atoms with van der Waals surface area (Å²) >= 11 is 0. The molecular formula is C15H13N3O2. The zero-order chi connectivity index (χ0) is 13.9. The molecule has 5 nitrogen and oxygen atoms in total. The molecule has 3 rings (SSSR count). The van der Waals surface area contributed by atoms with Gasteiger partial charge in [0.25, 0.3) is 0 Å². The van der Waals surface area contributed by atoms with E-state index in [9.17, 15) is 4.79 Å². The number of anilines is 2. The highest BCUT2D eigenvalue weighted by atomic mass is 16.4. The molecule has 0 aliphatic heterocycles. The molecule has 3 N–H and O–H groups in total. The maximum absolute atomic E-state index is 11.9. The molecule has 0 saturated heterocycles. The van der Waals surface area contributed by atoms with E-state index in [1.54, 1.807) is 0 Å². The first kappa shape index (κ1) is 12.1. The average Bonchev–Trinajstić information content (AvgIpc) is 2.77. The summed E-state index contributed by atoms with van der Waals surface area (Å²) < 4.78 is 6.42. The predicted octanol–water partition coefficient (Wildman–Crippen LogP) is 2.57. The van der Waals surface area contributed by atoms with Gasteiger partial charge in [-0.25, -0.2) is 4.79 Å². The van der Waals surface area contributed by atoms with Crippen molar-refractivity contribution in [2.45, 2.75) is 0 Å². The Labute approximate surface area is 115 Å². The van der Waals surface area contributed by atoms with Gasteiger partial charge in [0.1, 0.15) is 0 Å². The van der Waals surface area contributed by atoms with Gasteiger partial charge < -0.3 is 10.2 Å². The Balaban J connectivity index is 2.02. The van der Waals surface area contributed by atoms with E-state index in [2.05, 4.69) is 5.43 Å². The zero-order valence-corrected chi connectivity index (χ0v) is 10.6. The molecule has 0 bridgehead atoms. The summed E-state index contributed by atoms with van der Waals surface area (Å²) in [6.07, 6.45) is 0. The Bertz CT molecular complexity index is 761. The Morgan fingerprint density at radius 1 is 0.950 bits per heavy atom. The second kappa shape index (κ2) is 4.97. The largest absolute Gasteiger partial charge is 0.440 e. The summed E-state index contributed by atoms with van der Waals surface area (Å²) in [5.41, 5.74) is 10.4. The normalized spacial score (nSPS) is 10.4. The number of oxazole rings is 1. The number of nitrogens with zero attached hydrogens (tertiary/aromatic N) is 1. The van der Waals surface area contributed by atoms with Crippen LogP contribution in [0.25, 0.3) is 11.3 Å². The maximum Gasteiger partial charge on any atom is 0.440 e. The van der Waals surface area contributed by atoms with Crippen LogP contribution >= 0.6 is 0 Å². The minimum Gasteiger partial charge on any atom is -0.404 e. The SMILES string of the molecule is Nc1c(-c2ccccc2)oc(=O)n1Nc1ccccc1. The maximum atomic E-state index is 11.9. The van der Waals surface area contributed by atoms with Crippen LogP contribution in [-0.4, -0.2) is 4.68 Å². The van der Waals surface area contributed by atoms with Crippen molar-refractivity contribution in [1.29, 1.82) is 0 Å². The molecule has 0 saturated carbocycles. The zero-order valence-electron chi connectivity index (χ0n) is 10.6. The number of para-hydroxylation sites is 1. The number of hydrogen-bond donors (Lipinski definition) is 2. The molecule has 0 radical (unpaired) electrons. The molecule has 0 aliphatic carbocycles. The van der Waals surface area contributed by atoms with Crippen LogP contribution in [0.3, 0.4) is 0 Å². The van der Waals surface area contributed by atoms with Crippen LogP contribution in [0.5, 0.6) is 0 Å². The first-order valence-corrected chi connectivity index (χ1v) is 6.14. The van der Waals surface area contributed by atoms with E-state index < -0.39 is 5.76 Å². The first-order valence-electron chi connectivity index (χ1n) is 6.14. The van der Waals surface area contributed by atoms with Gasteiger partial charge >= 0.3 is 5.76 Å². The second-order valence-electron chi connectivity index (χ2n) is 4.26. The van der Waals surface area contributed by atoms with E-state index in [-0.39, 0.29) is 5.82 Å². The van der Waals surface area contributed by atoms with Gasteiger partial charge in [-0.05, 0) is 12.1 Å². The molecule has 1 heterocycles. The van der Waals surface area contributed by atoms with E-state index in [0.29, 0.717) is 5.76 Å². The molecule has 0 amide bonds. The molecule has 0 fully saturated rings. The van der Waals surface area contributed by atoms with Crippen LogP contribution in [0.4, 0.5) is 11.5 Å². The second-order valence-corrected chi connectivity index (χ2v) is 4.26. The van der Waals surface area contributed by atoms with Crippen molar-refractivity contribution in [2.75, 3.05) is 11.2 Å². The quantitative estimate of drug-likeness (QED) is 0.765. The molecule has 5 heteroatoms. The number of benzene rings is 2. The fraction of sp³-hybridized carbons (Fsp3) is 0. The van der Waals surface area contributed by atoms with Crippen LogP contribution in [0, 0.1) is 0 Å². The Morgan fingerprint density at radius 2 is 1.55 bits per heavy atom. The third kappa shape index (κ3) is 2.16. The highest BCUT2D eigenvalue weighted by Gasteiger charge is 2.15. The van der Waals surface area contributed by atoms with Crippen molar-refractivity contribution in [3.05, 3.63) is 71.2 Å². The van der Waals surface area contributed by atoms with Gasteiger partial charge in [0.05, 0.1) is 5.69 Å². The topological polar surface area (TPSA) is 73.2 Å². The smallest absolute Gasteiger partial charge is 0.404 e. The number of hydrogen-bond acceptors (Lipinski definition) is 4. The summed E-state index contributed by atoms with van der Waals surface area (Å²) in [4.78, 5) is 11.9. The third-order valence-corrected chi connectivity index (χ3v) is 2.90. The van der Waals surface area contributed by atoms with Gasteiger partial charge in [0.15, 0.2) is 11.6 Å². The Hall–Kier alpha value is -2.95. The molecule has 3 aromatic rings. The molecule has 0 atom stereocenters. The predicted molar refractivity (Wildman–Crippen MR) is 78.3 cm³/mol. The van der Waals surface area contributed by atoms with Crippen molar-refractivity contribution in [3.63, 3.8) is 0 Å². The molecule has 0 aliphatic rings. The van der Waals surface area contributed by atoms with Gasteiger partial charge in [-0.15, -0.1) is 0 Å². The molecule has 100 valence electrons. The van der Waals surface area contributed by atoms with Crippen LogP contribution in [0.2, 0.25) is 0 Å². The molecule has 2 aromatic carbocycles. The number of aromatic nitrogens is 1. The van der Waals surface area contributed by atoms with Crippen LogP contribution < -0.4 is 16.9 Å². The summed E-state index contributed by atoms with van der Waals surface area (Å²) in [6, 6.07) is 18.6. The molecule has 0 spiro atoms. The summed E-state index contributed by atoms with van der Waals surface area (Å²) in [5.74, 6) is 0.0503. The monoisotopic (exact) mass is 267 g/mol. The van der Waals surface area contributed by atoms with Crippen molar-refractivity contribution >= 4 is 11.5 Å². The number of nitrogens with two attached hydrogens (primary N) is 1. The number of rotatable bonds is 3. The summed E-state index contributed by atoms with van der Waals surface area (Å²) in [5, 5.41) is 0. The Kier molecular flexibility index (Phi) is 3.01. The fourth-order valence-electron chi connectivity index (χ4n) is 1.93. The van der Waals surface area contributed by atoms with Gasteiger partial charge in [0.2, 0.25) is 0 Å². The number of nitrogens with one attached hydrogen (secondary N) is 1. The van der Waals surface area contributed by atoms with Gasteiger partial charge in [-0.1, -0.05) is 48.5 Å². The molecular weight excluding hydrogens is 254 g/mol. The average molecular weight is 267 g/mol. The molecule has 0 unspecified atom stereocenters. The van der Waals surface area contributed by atoms with Crippen molar-refractivity contribution in [3.8, 4) is 11.3 Å². The summed E-state index contributed by atoms with van der Waals surface area (Å²) in [7, 11) is 0. The van der Waals surface area contributed by atoms with E-state index in [1.165, 1.54) is 4.68 Å². The van der Waals surface area contributed by atoms with E-state index in [1.807, 2.05) is 60.7 Å².